The van der Waals surface area contributed by atoms with Gasteiger partial charge >= 0.3 is 0 Å². The fourth-order valence-corrected chi connectivity index (χ4v) is 3.74. The Kier molecular flexibility index (Phi) is 5.94. The fraction of sp³-hybridized carbons (Fsp3) is 0.115. The van der Waals surface area contributed by atoms with Gasteiger partial charge in [0.05, 0.1) is 30.4 Å². The number of fused-ring (bicyclic) bond motifs is 1. The van der Waals surface area contributed by atoms with Crippen molar-refractivity contribution in [1.29, 1.82) is 0 Å². The number of para-hydroxylation sites is 3. The molecule has 0 saturated heterocycles. The van der Waals surface area contributed by atoms with E-state index < -0.39 is 0 Å². The molecule has 5 aromatic rings. The molecule has 8 heteroatoms. The van der Waals surface area contributed by atoms with Crippen molar-refractivity contribution in [1.82, 2.24) is 19.7 Å². The van der Waals surface area contributed by atoms with E-state index in [0.29, 0.717) is 47.4 Å². The maximum Gasteiger partial charge on any atom is 0.225 e. The lowest BCUT2D eigenvalue weighted by atomic mass is 10.1. The van der Waals surface area contributed by atoms with Crippen LogP contribution in [0.5, 0.6) is 11.5 Å². The summed E-state index contributed by atoms with van der Waals surface area (Å²) in [5.41, 5.74) is 9.36. The van der Waals surface area contributed by atoms with Gasteiger partial charge in [-0.25, -0.2) is 9.67 Å². The van der Waals surface area contributed by atoms with Gasteiger partial charge < -0.3 is 20.5 Å². The number of nitrogens with two attached hydrogens (primary N) is 1. The molecule has 0 aliphatic carbocycles. The molecule has 0 unspecified atom stereocenters. The molecule has 0 spiro atoms. The van der Waals surface area contributed by atoms with Crippen LogP contribution in [0.2, 0.25) is 0 Å². The summed E-state index contributed by atoms with van der Waals surface area (Å²) in [6.07, 6.45) is 0. The lowest BCUT2D eigenvalue weighted by Crippen LogP contribution is -2.13. The molecule has 0 atom stereocenters. The Morgan fingerprint density at radius 1 is 0.882 bits per heavy atom. The highest BCUT2D eigenvalue weighted by Gasteiger charge is 2.21. The van der Waals surface area contributed by atoms with Crippen molar-refractivity contribution in [2.45, 2.75) is 0 Å². The molecule has 0 aliphatic rings. The Hall–Kier alpha value is -4.59. The Labute approximate surface area is 197 Å². The summed E-state index contributed by atoms with van der Waals surface area (Å²) in [5, 5.41) is 8.60. The van der Waals surface area contributed by atoms with Crippen LogP contribution in [0.15, 0.2) is 84.9 Å². The second-order valence-electron chi connectivity index (χ2n) is 7.52. The number of aromatic nitrogens is 4. The third-order valence-corrected chi connectivity index (χ3v) is 5.33. The van der Waals surface area contributed by atoms with E-state index in [1.165, 1.54) is 0 Å². The first-order chi connectivity index (χ1) is 16.7. The number of ether oxygens (including phenoxy) is 2. The second-order valence-corrected chi connectivity index (χ2v) is 7.52. The summed E-state index contributed by atoms with van der Waals surface area (Å²) in [6, 6.07) is 27.1. The fourth-order valence-electron chi connectivity index (χ4n) is 3.74. The minimum Gasteiger partial charge on any atom is -0.496 e. The van der Waals surface area contributed by atoms with Crippen molar-refractivity contribution >= 4 is 22.8 Å². The molecule has 170 valence electrons. The van der Waals surface area contributed by atoms with Crippen LogP contribution in [0, 0.1) is 0 Å². The number of hydrogen-bond donors (Lipinski definition) is 2. The maximum absolute atomic E-state index is 6.58. The predicted molar refractivity (Wildman–Crippen MR) is 133 cm³/mol. The average Bonchev–Trinajstić information content (AvgIpc) is 3.23. The van der Waals surface area contributed by atoms with Crippen LogP contribution < -0.4 is 20.5 Å². The minimum absolute atomic E-state index is 0.433. The van der Waals surface area contributed by atoms with Gasteiger partial charge in [-0.05, 0) is 36.4 Å². The number of rotatable bonds is 8. The maximum atomic E-state index is 6.58. The van der Waals surface area contributed by atoms with E-state index in [4.69, 9.17) is 20.2 Å². The minimum atomic E-state index is 0.433. The first-order valence-electron chi connectivity index (χ1n) is 10.9. The van der Waals surface area contributed by atoms with Gasteiger partial charge in [-0.15, -0.1) is 5.10 Å². The van der Waals surface area contributed by atoms with Crippen LogP contribution in [0.3, 0.4) is 0 Å². The Morgan fingerprint density at radius 3 is 2.35 bits per heavy atom. The number of nitrogens with one attached hydrogen (secondary N) is 1. The molecule has 0 saturated carbocycles. The monoisotopic (exact) mass is 452 g/mol. The Morgan fingerprint density at radius 2 is 1.59 bits per heavy atom. The molecule has 0 amide bonds. The zero-order chi connectivity index (χ0) is 23.3. The first-order valence-corrected chi connectivity index (χ1v) is 10.9. The van der Waals surface area contributed by atoms with Crippen molar-refractivity contribution in [3.05, 3.63) is 84.9 Å². The van der Waals surface area contributed by atoms with E-state index in [1.807, 2.05) is 84.9 Å². The summed E-state index contributed by atoms with van der Waals surface area (Å²) >= 11 is 0. The van der Waals surface area contributed by atoms with Crippen LogP contribution >= 0.6 is 0 Å². The Balaban J connectivity index is 1.53. The lowest BCUT2D eigenvalue weighted by molar-refractivity contribution is 0.332. The van der Waals surface area contributed by atoms with E-state index in [9.17, 15) is 0 Å². The van der Waals surface area contributed by atoms with E-state index >= 15 is 0 Å². The van der Waals surface area contributed by atoms with Gasteiger partial charge in [0.25, 0.3) is 0 Å². The predicted octanol–water partition coefficient (Wildman–Crippen LogP) is 4.56. The molecule has 0 radical (unpaired) electrons. The number of nitrogen functional groups attached to an aromatic ring is 1. The van der Waals surface area contributed by atoms with Crippen molar-refractivity contribution in [3.8, 4) is 28.4 Å². The molecule has 8 nitrogen and oxygen atoms in total. The zero-order valence-corrected chi connectivity index (χ0v) is 18.7. The number of hydrogen-bond acceptors (Lipinski definition) is 7. The molecule has 34 heavy (non-hydrogen) atoms. The van der Waals surface area contributed by atoms with Crippen LogP contribution in [-0.4, -0.2) is 40.0 Å². The second kappa shape index (κ2) is 9.50. The number of nitrogens with zero attached hydrogens (tertiary/aromatic N) is 4. The highest BCUT2D eigenvalue weighted by atomic mass is 16.5. The quantitative estimate of drug-likeness (QED) is 0.333. The van der Waals surface area contributed by atoms with E-state index in [1.54, 1.807) is 11.8 Å². The van der Waals surface area contributed by atoms with Crippen molar-refractivity contribution in [2.75, 3.05) is 31.3 Å². The van der Waals surface area contributed by atoms with E-state index in [0.717, 1.165) is 17.0 Å². The van der Waals surface area contributed by atoms with Gasteiger partial charge in [-0.1, -0.05) is 48.5 Å². The average molecular weight is 453 g/mol. The van der Waals surface area contributed by atoms with Gasteiger partial charge in [0.2, 0.25) is 5.95 Å². The lowest BCUT2D eigenvalue weighted by Gasteiger charge is -2.11. The molecule has 2 aromatic heterocycles. The molecule has 3 N–H and O–H groups in total. The third-order valence-electron chi connectivity index (χ3n) is 5.33. The number of anilines is 2. The standard InChI is InChI=1S/C26H24N6O2/c1-33-21-15-9-8-14-20(21)23-22-24(27)32(18-10-4-2-5-11-18)31-25(22)30-26(29-23)28-16-17-34-19-12-6-3-7-13-19/h2-15H,16-17,27H2,1H3,(H,28,30,31). The normalized spacial score (nSPS) is 10.9. The molecule has 0 bridgehead atoms. The highest BCUT2D eigenvalue weighted by Crippen LogP contribution is 2.37. The molecular formula is C26H24N6O2. The van der Waals surface area contributed by atoms with Crippen LogP contribution in [0.4, 0.5) is 11.8 Å². The van der Waals surface area contributed by atoms with Crippen LogP contribution in [-0.2, 0) is 0 Å². The van der Waals surface area contributed by atoms with Crippen molar-refractivity contribution in [3.63, 3.8) is 0 Å². The molecule has 0 fully saturated rings. The zero-order valence-electron chi connectivity index (χ0n) is 18.7. The smallest absolute Gasteiger partial charge is 0.225 e. The Bertz CT molecular complexity index is 1400. The van der Waals surface area contributed by atoms with Gasteiger partial charge in [-0.3, -0.25) is 0 Å². The largest absolute Gasteiger partial charge is 0.496 e. The summed E-state index contributed by atoms with van der Waals surface area (Å²) in [6.45, 7) is 0.969. The van der Waals surface area contributed by atoms with Crippen molar-refractivity contribution < 1.29 is 9.47 Å². The van der Waals surface area contributed by atoms with Gasteiger partial charge in [-0.2, -0.15) is 4.98 Å². The van der Waals surface area contributed by atoms with E-state index in [2.05, 4.69) is 15.4 Å². The van der Waals surface area contributed by atoms with Crippen molar-refractivity contribution in [2.24, 2.45) is 0 Å². The van der Waals surface area contributed by atoms with Gasteiger partial charge in [0.1, 0.15) is 23.9 Å². The van der Waals surface area contributed by atoms with E-state index in [-0.39, 0.29) is 0 Å². The molecule has 5 rings (SSSR count). The molecular weight excluding hydrogens is 428 g/mol. The van der Waals surface area contributed by atoms with Gasteiger partial charge in [0, 0.05) is 5.56 Å². The third kappa shape index (κ3) is 4.21. The number of benzene rings is 3. The topological polar surface area (TPSA) is 100 Å². The summed E-state index contributed by atoms with van der Waals surface area (Å²) in [7, 11) is 1.63. The summed E-state index contributed by atoms with van der Waals surface area (Å²) in [4.78, 5) is 9.44. The highest BCUT2D eigenvalue weighted by molar-refractivity contribution is 6.00. The molecule has 2 heterocycles. The molecule has 3 aromatic carbocycles. The summed E-state index contributed by atoms with van der Waals surface area (Å²) in [5.74, 6) is 2.39. The summed E-state index contributed by atoms with van der Waals surface area (Å²) < 4.78 is 13.0. The first kappa shape index (κ1) is 21.3. The molecule has 0 aliphatic heterocycles. The van der Waals surface area contributed by atoms with Crippen LogP contribution in [0.25, 0.3) is 28.0 Å². The van der Waals surface area contributed by atoms with Gasteiger partial charge in [0.15, 0.2) is 5.65 Å². The number of methoxy groups -OCH3 is 1. The SMILES string of the molecule is COc1ccccc1-c1nc(NCCOc2ccccc2)nc2nn(-c3ccccc3)c(N)c12. The van der Waals surface area contributed by atoms with Crippen LogP contribution in [0.1, 0.15) is 0 Å².